The van der Waals surface area contributed by atoms with Gasteiger partial charge in [-0.05, 0) is 35.0 Å². The Morgan fingerprint density at radius 2 is 1.03 bits per heavy atom. The van der Waals surface area contributed by atoms with Gasteiger partial charge in [-0.1, -0.05) is 72.8 Å². The standard InChI is InChI=1S/C27H16N2O/c28-17-22-20-11-2-1-9-18(20)19-10-3-4-12-21(19)27(22)29-23-13-5-7-15-25(23)30-26-16-8-6-14-24(26)29/h1-16H. The van der Waals surface area contributed by atoms with Crippen molar-refractivity contribution in [2.24, 2.45) is 0 Å². The Bertz CT molecular complexity index is 1450. The number of nitrogens with zero attached hydrogens (tertiary/aromatic N) is 2. The molecule has 5 aromatic rings. The van der Waals surface area contributed by atoms with Crippen LogP contribution in [0.4, 0.5) is 17.1 Å². The Kier molecular flexibility index (Phi) is 3.53. The minimum absolute atomic E-state index is 0.663. The van der Waals surface area contributed by atoms with E-state index in [1.165, 1.54) is 0 Å². The van der Waals surface area contributed by atoms with Crippen molar-refractivity contribution in [1.29, 1.82) is 5.26 Å². The maximum absolute atomic E-state index is 10.3. The van der Waals surface area contributed by atoms with Gasteiger partial charge in [0, 0.05) is 10.8 Å². The quantitative estimate of drug-likeness (QED) is 0.276. The number of ether oxygens (including phenoxy) is 1. The molecule has 30 heavy (non-hydrogen) atoms. The van der Waals surface area contributed by atoms with Crippen LogP contribution in [0.25, 0.3) is 21.5 Å². The highest BCUT2D eigenvalue weighted by Crippen LogP contribution is 2.53. The van der Waals surface area contributed by atoms with Crippen LogP contribution in [0.2, 0.25) is 0 Å². The molecule has 0 saturated carbocycles. The van der Waals surface area contributed by atoms with Crippen molar-refractivity contribution in [3.05, 3.63) is 103 Å². The van der Waals surface area contributed by atoms with Crippen LogP contribution < -0.4 is 9.64 Å². The highest BCUT2D eigenvalue weighted by molar-refractivity contribution is 6.18. The average Bonchev–Trinajstić information content (AvgIpc) is 2.82. The van der Waals surface area contributed by atoms with E-state index in [4.69, 9.17) is 4.74 Å². The minimum Gasteiger partial charge on any atom is -0.453 e. The van der Waals surface area contributed by atoms with Gasteiger partial charge in [0.2, 0.25) is 0 Å². The number of fused-ring (bicyclic) bond motifs is 5. The van der Waals surface area contributed by atoms with E-state index in [-0.39, 0.29) is 0 Å². The summed E-state index contributed by atoms with van der Waals surface area (Å²) < 4.78 is 6.18. The van der Waals surface area contributed by atoms with Crippen molar-refractivity contribution >= 4 is 38.6 Å². The van der Waals surface area contributed by atoms with Gasteiger partial charge in [0.15, 0.2) is 11.5 Å². The lowest BCUT2D eigenvalue weighted by Gasteiger charge is -2.34. The number of hydrogen-bond donors (Lipinski definition) is 0. The molecule has 0 amide bonds. The highest BCUT2D eigenvalue weighted by Gasteiger charge is 2.29. The van der Waals surface area contributed by atoms with Crippen molar-refractivity contribution in [3.63, 3.8) is 0 Å². The average molecular weight is 384 g/mol. The van der Waals surface area contributed by atoms with E-state index in [2.05, 4.69) is 29.2 Å². The zero-order valence-electron chi connectivity index (χ0n) is 16.0. The summed E-state index contributed by atoms with van der Waals surface area (Å²) in [5, 5.41) is 14.5. The molecule has 0 bridgehead atoms. The van der Waals surface area contributed by atoms with Crippen molar-refractivity contribution in [1.82, 2.24) is 0 Å². The molecule has 0 N–H and O–H groups in total. The molecule has 0 saturated heterocycles. The summed E-state index contributed by atoms with van der Waals surface area (Å²) in [7, 11) is 0. The number of hydrogen-bond acceptors (Lipinski definition) is 3. The first-order valence-electron chi connectivity index (χ1n) is 9.86. The maximum atomic E-state index is 10.3. The zero-order valence-corrected chi connectivity index (χ0v) is 16.0. The van der Waals surface area contributed by atoms with Gasteiger partial charge in [-0.15, -0.1) is 0 Å². The maximum Gasteiger partial charge on any atom is 0.151 e. The van der Waals surface area contributed by atoms with Crippen LogP contribution in [0, 0.1) is 11.3 Å². The molecule has 0 fully saturated rings. The summed E-state index contributed by atoms with van der Waals surface area (Å²) in [4.78, 5) is 2.17. The summed E-state index contributed by atoms with van der Waals surface area (Å²) in [6.45, 7) is 0. The molecular formula is C27H16N2O. The largest absolute Gasteiger partial charge is 0.453 e. The summed E-state index contributed by atoms with van der Waals surface area (Å²) >= 11 is 0. The number of anilines is 3. The van der Waals surface area contributed by atoms with E-state index >= 15 is 0 Å². The molecular weight excluding hydrogens is 368 g/mol. The Morgan fingerprint density at radius 1 is 0.567 bits per heavy atom. The van der Waals surface area contributed by atoms with Gasteiger partial charge in [-0.3, -0.25) is 0 Å². The molecule has 0 unspecified atom stereocenters. The lowest BCUT2D eigenvalue weighted by atomic mass is 9.94. The Labute approximate surface area is 174 Å². The van der Waals surface area contributed by atoms with Crippen LogP contribution in [0.1, 0.15) is 5.56 Å². The van der Waals surface area contributed by atoms with Gasteiger partial charge in [-0.25, -0.2) is 0 Å². The second kappa shape index (κ2) is 6.37. The third-order valence-electron chi connectivity index (χ3n) is 5.67. The monoisotopic (exact) mass is 384 g/mol. The van der Waals surface area contributed by atoms with Crippen LogP contribution in [0.15, 0.2) is 97.1 Å². The fraction of sp³-hybridized carbons (Fsp3) is 0. The van der Waals surface area contributed by atoms with E-state index in [9.17, 15) is 5.26 Å². The first-order chi connectivity index (χ1) is 14.9. The van der Waals surface area contributed by atoms with E-state index < -0.39 is 0 Å². The molecule has 140 valence electrons. The summed E-state index contributed by atoms with van der Waals surface area (Å²) in [6.07, 6.45) is 0. The van der Waals surface area contributed by atoms with Crippen molar-refractivity contribution in [2.45, 2.75) is 0 Å². The fourth-order valence-corrected chi connectivity index (χ4v) is 4.41. The smallest absolute Gasteiger partial charge is 0.151 e. The Balaban J connectivity index is 1.82. The van der Waals surface area contributed by atoms with E-state index in [0.29, 0.717) is 5.56 Å². The zero-order chi connectivity index (χ0) is 20.1. The molecule has 5 aromatic carbocycles. The van der Waals surface area contributed by atoms with Gasteiger partial charge in [0.25, 0.3) is 0 Å². The molecule has 3 heteroatoms. The van der Waals surface area contributed by atoms with Crippen molar-refractivity contribution in [2.75, 3.05) is 4.90 Å². The number of benzene rings is 5. The molecule has 1 aliphatic heterocycles. The van der Waals surface area contributed by atoms with Gasteiger partial charge in [0.1, 0.15) is 6.07 Å². The predicted molar refractivity (Wildman–Crippen MR) is 121 cm³/mol. The van der Waals surface area contributed by atoms with E-state index in [1.54, 1.807) is 0 Å². The first kappa shape index (κ1) is 16.6. The summed E-state index contributed by atoms with van der Waals surface area (Å²) in [6, 6.07) is 34.9. The van der Waals surface area contributed by atoms with Crippen molar-refractivity contribution < 1.29 is 4.74 Å². The lowest BCUT2D eigenvalue weighted by molar-refractivity contribution is 0.477. The van der Waals surface area contributed by atoms with Crippen molar-refractivity contribution in [3.8, 4) is 17.6 Å². The fourth-order valence-electron chi connectivity index (χ4n) is 4.41. The molecule has 6 rings (SSSR count). The van der Waals surface area contributed by atoms with Gasteiger partial charge < -0.3 is 9.64 Å². The second-order valence-electron chi connectivity index (χ2n) is 7.30. The number of para-hydroxylation sites is 4. The molecule has 1 aliphatic rings. The minimum atomic E-state index is 0.663. The van der Waals surface area contributed by atoms with Crippen LogP contribution in [0.5, 0.6) is 11.5 Å². The van der Waals surface area contributed by atoms with Gasteiger partial charge in [0.05, 0.1) is 22.6 Å². The Hall–Kier alpha value is -4.29. The Morgan fingerprint density at radius 3 is 1.63 bits per heavy atom. The van der Waals surface area contributed by atoms with Crippen LogP contribution in [-0.2, 0) is 0 Å². The normalized spacial score (nSPS) is 12.2. The van der Waals surface area contributed by atoms with E-state index in [1.807, 2.05) is 78.9 Å². The summed E-state index contributed by atoms with van der Waals surface area (Å²) in [5.41, 5.74) is 3.40. The van der Waals surface area contributed by atoms with Crippen LogP contribution >= 0.6 is 0 Å². The molecule has 1 heterocycles. The third kappa shape index (κ3) is 2.25. The van der Waals surface area contributed by atoms with Gasteiger partial charge in [-0.2, -0.15) is 5.26 Å². The molecule has 0 spiro atoms. The van der Waals surface area contributed by atoms with E-state index in [0.717, 1.165) is 50.1 Å². The molecule has 0 aliphatic carbocycles. The molecule has 3 nitrogen and oxygen atoms in total. The topological polar surface area (TPSA) is 36.3 Å². The summed E-state index contributed by atoms with van der Waals surface area (Å²) in [5.74, 6) is 1.55. The highest BCUT2D eigenvalue weighted by atomic mass is 16.5. The second-order valence-corrected chi connectivity index (χ2v) is 7.30. The first-order valence-corrected chi connectivity index (χ1v) is 9.86. The van der Waals surface area contributed by atoms with Crippen LogP contribution in [-0.4, -0.2) is 0 Å². The number of rotatable bonds is 1. The molecule has 0 aromatic heterocycles. The SMILES string of the molecule is N#Cc1c(N2c3ccccc3Oc3ccccc32)c2ccccc2c2ccccc12. The lowest BCUT2D eigenvalue weighted by Crippen LogP contribution is -2.17. The third-order valence-corrected chi connectivity index (χ3v) is 5.67. The number of nitriles is 1. The molecule has 0 atom stereocenters. The molecule has 0 radical (unpaired) electrons. The van der Waals surface area contributed by atoms with Crippen LogP contribution in [0.3, 0.4) is 0 Å². The van der Waals surface area contributed by atoms with Gasteiger partial charge >= 0.3 is 0 Å². The predicted octanol–water partition coefficient (Wildman–Crippen LogP) is 7.44.